The smallest absolute Gasteiger partial charge is 0.322 e. The molecular formula is C9H7ClF5N. The lowest BCUT2D eigenvalue weighted by molar-refractivity contribution is -0.138. The van der Waals surface area contributed by atoms with E-state index in [-0.39, 0.29) is 0 Å². The van der Waals surface area contributed by atoms with Crippen LogP contribution in [-0.2, 0) is 6.18 Å². The Hall–Kier alpha value is -0.880. The van der Waals surface area contributed by atoms with Crippen molar-refractivity contribution < 1.29 is 22.0 Å². The standard InChI is InChI=1S/C9H7ClF5N/c10-5-2-1-4(9(13,14)15)7(8(5)12)6(16)3-11/h1-2,6H,3,16H2/t6-/m1/s1. The number of alkyl halides is 4. The highest BCUT2D eigenvalue weighted by Crippen LogP contribution is 2.37. The molecule has 0 saturated carbocycles. The first kappa shape index (κ1) is 13.2. The second kappa shape index (κ2) is 4.55. The van der Waals surface area contributed by atoms with Crippen molar-refractivity contribution in [3.8, 4) is 0 Å². The molecule has 1 nitrogen and oxygen atoms in total. The molecule has 0 unspecified atom stereocenters. The molecule has 1 rings (SSSR count). The summed E-state index contributed by atoms with van der Waals surface area (Å²) in [5.41, 5.74) is 2.84. The number of halogens is 6. The fourth-order valence-electron chi connectivity index (χ4n) is 1.25. The SMILES string of the molecule is N[C@H](CF)c1c(C(F)(F)F)ccc(Cl)c1F. The Morgan fingerprint density at radius 1 is 1.31 bits per heavy atom. The van der Waals surface area contributed by atoms with Crippen molar-refractivity contribution in [2.45, 2.75) is 12.2 Å². The van der Waals surface area contributed by atoms with Gasteiger partial charge in [-0.05, 0) is 12.1 Å². The van der Waals surface area contributed by atoms with E-state index in [1.165, 1.54) is 0 Å². The molecule has 7 heteroatoms. The molecule has 16 heavy (non-hydrogen) atoms. The van der Waals surface area contributed by atoms with Crippen LogP contribution in [0.4, 0.5) is 22.0 Å². The van der Waals surface area contributed by atoms with Crippen LogP contribution < -0.4 is 5.73 Å². The molecule has 0 radical (unpaired) electrons. The lowest BCUT2D eigenvalue weighted by atomic mass is 10.0. The van der Waals surface area contributed by atoms with E-state index < -0.39 is 40.9 Å². The van der Waals surface area contributed by atoms with Crippen molar-refractivity contribution in [1.82, 2.24) is 0 Å². The van der Waals surface area contributed by atoms with Crippen LogP contribution in [-0.4, -0.2) is 6.67 Å². The molecule has 0 fully saturated rings. The third kappa shape index (κ3) is 2.44. The zero-order chi connectivity index (χ0) is 12.5. The lowest BCUT2D eigenvalue weighted by Crippen LogP contribution is -2.20. The van der Waals surface area contributed by atoms with Gasteiger partial charge in [0, 0.05) is 5.56 Å². The molecule has 0 aromatic heterocycles. The van der Waals surface area contributed by atoms with E-state index in [1.807, 2.05) is 0 Å². The number of nitrogens with two attached hydrogens (primary N) is 1. The van der Waals surface area contributed by atoms with Crippen LogP contribution >= 0.6 is 11.6 Å². The van der Waals surface area contributed by atoms with Gasteiger partial charge in [-0.3, -0.25) is 0 Å². The topological polar surface area (TPSA) is 26.0 Å². The number of hydrogen-bond acceptors (Lipinski definition) is 1. The molecule has 0 saturated heterocycles. The quantitative estimate of drug-likeness (QED) is 0.809. The normalized spacial score (nSPS) is 13.9. The molecule has 2 N–H and O–H groups in total. The molecule has 90 valence electrons. The van der Waals surface area contributed by atoms with Crippen LogP contribution in [0, 0.1) is 5.82 Å². The van der Waals surface area contributed by atoms with Crippen molar-refractivity contribution in [2.75, 3.05) is 6.67 Å². The molecule has 0 aliphatic rings. The number of rotatable bonds is 2. The molecule has 0 bridgehead atoms. The zero-order valence-electron chi connectivity index (χ0n) is 7.78. The third-order valence-electron chi connectivity index (χ3n) is 1.98. The average molecular weight is 260 g/mol. The van der Waals surface area contributed by atoms with Gasteiger partial charge < -0.3 is 5.73 Å². The minimum atomic E-state index is -4.80. The highest BCUT2D eigenvalue weighted by Gasteiger charge is 2.36. The maximum atomic E-state index is 13.4. The van der Waals surface area contributed by atoms with Gasteiger partial charge in [-0.15, -0.1) is 0 Å². The Morgan fingerprint density at radius 2 is 1.88 bits per heavy atom. The van der Waals surface area contributed by atoms with Crippen molar-refractivity contribution in [3.63, 3.8) is 0 Å². The Kier molecular flexibility index (Phi) is 3.75. The maximum Gasteiger partial charge on any atom is 0.416 e. The third-order valence-corrected chi connectivity index (χ3v) is 2.27. The summed E-state index contributed by atoms with van der Waals surface area (Å²) in [6.07, 6.45) is -4.80. The summed E-state index contributed by atoms with van der Waals surface area (Å²) in [7, 11) is 0. The fourth-order valence-corrected chi connectivity index (χ4v) is 1.42. The second-order valence-corrected chi connectivity index (χ2v) is 3.49. The second-order valence-electron chi connectivity index (χ2n) is 3.08. The van der Waals surface area contributed by atoms with Gasteiger partial charge >= 0.3 is 6.18 Å². The van der Waals surface area contributed by atoms with Crippen LogP contribution in [0.15, 0.2) is 12.1 Å². The first-order chi connectivity index (χ1) is 7.29. The summed E-state index contributed by atoms with van der Waals surface area (Å²) in [5.74, 6) is -1.33. The predicted molar refractivity (Wildman–Crippen MR) is 49.3 cm³/mol. The lowest BCUT2D eigenvalue weighted by Gasteiger charge is -2.17. The van der Waals surface area contributed by atoms with E-state index in [1.54, 1.807) is 0 Å². The van der Waals surface area contributed by atoms with Crippen molar-refractivity contribution in [1.29, 1.82) is 0 Å². The molecule has 1 aromatic carbocycles. The van der Waals surface area contributed by atoms with Crippen LogP contribution in [0.2, 0.25) is 5.02 Å². The van der Waals surface area contributed by atoms with Crippen LogP contribution in [0.3, 0.4) is 0 Å². The number of hydrogen-bond donors (Lipinski definition) is 1. The van der Waals surface area contributed by atoms with Gasteiger partial charge in [0.15, 0.2) is 0 Å². The molecule has 0 spiro atoms. The predicted octanol–water partition coefficient (Wildman–Crippen LogP) is 3.47. The van der Waals surface area contributed by atoms with Gasteiger partial charge in [0.2, 0.25) is 0 Å². The highest BCUT2D eigenvalue weighted by molar-refractivity contribution is 6.30. The molecule has 0 aliphatic heterocycles. The Balaban J connectivity index is 3.45. The highest BCUT2D eigenvalue weighted by atomic mass is 35.5. The van der Waals surface area contributed by atoms with Crippen LogP contribution in [0.5, 0.6) is 0 Å². The Morgan fingerprint density at radius 3 is 2.31 bits per heavy atom. The number of benzene rings is 1. The Bertz CT molecular complexity index is 390. The summed E-state index contributed by atoms with van der Waals surface area (Å²) in [4.78, 5) is 0. The van der Waals surface area contributed by atoms with Crippen LogP contribution in [0.1, 0.15) is 17.2 Å². The van der Waals surface area contributed by atoms with Gasteiger partial charge in [-0.1, -0.05) is 11.6 Å². The van der Waals surface area contributed by atoms with Crippen molar-refractivity contribution >= 4 is 11.6 Å². The van der Waals surface area contributed by atoms with Gasteiger partial charge in [0.05, 0.1) is 16.6 Å². The summed E-state index contributed by atoms with van der Waals surface area (Å²) < 4.78 is 63.0. The summed E-state index contributed by atoms with van der Waals surface area (Å²) in [6, 6.07) is -0.347. The van der Waals surface area contributed by atoms with E-state index in [2.05, 4.69) is 0 Å². The van der Waals surface area contributed by atoms with E-state index in [0.717, 1.165) is 6.07 Å². The van der Waals surface area contributed by atoms with Gasteiger partial charge in [-0.25, -0.2) is 8.78 Å². The monoisotopic (exact) mass is 259 g/mol. The molecule has 0 aliphatic carbocycles. The zero-order valence-corrected chi connectivity index (χ0v) is 8.54. The molecule has 0 heterocycles. The summed E-state index contributed by atoms with van der Waals surface area (Å²) >= 11 is 5.32. The molecular weight excluding hydrogens is 253 g/mol. The van der Waals surface area contributed by atoms with E-state index >= 15 is 0 Å². The van der Waals surface area contributed by atoms with Gasteiger partial charge in [0.1, 0.15) is 12.5 Å². The van der Waals surface area contributed by atoms with Crippen LogP contribution in [0.25, 0.3) is 0 Å². The average Bonchev–Trinajstić information content (AvgIpc) is 2.19. The van der Waals surface area contributed by atoms with Gasteiger partial charge in [-0.2, -0.15) is 13.2 Å². The van der Waals surface area contributed by atoms with Crippen molar-refractivity contribution in [3.05, 3.63) is 34.1 Å². The molecule has 1 atom stereocenters. The van der Waals surface area contributed by atoms with Gasteiger partial charge in [0.25, 0.3) is 0 Å². The van der Waals surface area contributed by atoms with E-state index in [4.69, 9.17) is 17.3 Å². The summed E-state index contributed by atoms with van der Waals surface area (Å²) in [5, 5.41) is -0.521. The largest absolute Gasteiger partial charge is 0.416 e. The first-order valence-electron chi connectivity index (χ1n) is 4.15. The van der Waals surface area contributed by atoms with E-state index in [0.29, 0.717) is 6.07 Å². The fraction of sp³-hybridized carbons (Fsp3) is 0.333. The van der Waals surface area contributed by atoms with E-state index in [9.17, 15) is 22.0 Å². The maximum absolute atomic E-state index is 13.4. The first-order valence-corrected chi connectivity index (χ1v) is 4.53. The Labute approximate surface area is 93.0 Å². The summed E-state index contributed by atoms with van der Waals surface area (Å²) in [6.45, 7) is -1.31. The minimum Gasteiger partial charge on any atom is -0.322 e. The minimum absolute atomic E-state index is 0.521. The molecule has 0 amide bonds. The molecule has 1 aromatic rings. The van der Waals surface area contributed by atoms with Crippen molar-refractivity contribution in [2.24, 2.45) is 5.73 Å².